The van der Waals surface area contributed by atoms with Crippen LogP contribution in [0.15, 0.2) is 41.6 Å². The number of carbonyl (C=O) groups is 1. The molecule has 0 bridgehead atoms. The van der Waals surface area contributed by atoms with E-state index in [1.807, 2.05) is 44.2 Å². The van der Waals surface area contributed by atoms with E-state index in [0.717, 1.165) is 16.7 Å². The molecule has 0 radical (unpaired) electrons. The molecule has 0 aliphatic carbocycles. The van der Waals surface area contributed by atoms with Gasteiger partial charge in [0.05, 0.1) is 5.02 Å². The number of nitrogens with zero attached hydrogens (tertiary/aromatic N) is 1. The van der Waals surface area contributed by atoms with Crippen LogP contribution in [-0.4, -0.2) is 25.8 Å². The first-order valence-corrected chi connectivity index (χ1v) is 8.16. The number of hydrogen-bond acceptors (Lipinski definition) is 4. The topological polar surface area (TPSA) is 59.9 Å². The summed E-state index contributed by atoms with van der Waals surface area (Å²) in [5, 5.41) is 6.96. The lowest BCUT2D eigenvalue weighted by atomic mass is 10.0. The van der Waals surface area contributed by atoms with Gasteiger partial charge in [-0.25, -0.2) is 0 Å². The Labute approximate surface area is 152 Å². The molecule has 0 aromatic heterocycles. The maximum atomic E-state index is 12.1. The van der Waals surface area contributed by atoms with Gasteiger partial charge in [0.15, 0.2) is 5.71 Å². The first-order valence-electron chi connectivity index (χ1n) is 7.79. The van der Waals surface area contributed by atoms with E-state index in [1.165, 1.54) is 7.11 Å². The van der Waals surface area contributed by atoms with Crippen molar-refractivity contribution < 1.29 is 14.4 Å². The number of oxime groups is 1. The second kappa shape index (κ2) is 8.53. The quantitative estimate of drug-likeness (QED) is 0.632. The molecule has 2 rings (SSSR count). The van der Waals surface area contributed by atoms with Crippen LogP contribution in [0.1, 0.15) is 22.3 Å². The fraction of sp³-hybridized carbons (Fsp3) is 0.263. The highest BCUT2D eigenvalue weighted by atomic mass is 35.5. The van der Waals surface area contributed by atoms with Gasteiger partial charge in [-0.15, -0.1) is 0 Å². The van der Waals surface area contributed by atoms with E-state index >= 15 is 0 Å². The third kappa shape index (κ3) is 4.51. The summed E-state index contributed by atoms with van der Waals surface area (Å²) >= 11 is 6.26. The SMILES string of the molecule is CNC(=O)C(=NOC)c1ccccc1COc1cc(C)c(C)cc1Cl. The zero-order valence-corrected chi connectivity index (χ0v) is 15.5. The lowest BCUT2D eigenvalue weighted by Gasteiger charge is -2.14. The smallest absolute Gasteiger partial charge is 0.273 e. The second-order valence-corrected chi connectivity index (χ2v) is 5.92. The molecule has 0 heterocycles. The molecular formula is C19H21ClN2O3. The van der Waals surface area contributed by atoms with Crippen LogP contribution in [0.4, 0.5) is 0 Å². The lowest BCUT2D eigenvalue weighted by Crippen LogP contribution is -2.29. The van der Waals surface area contributed by atoms with Crippen molar-refractivity contribution in [3.8, 4) is 5.75 Å². The van der Waals surface area contributed by atoms with Gasteiger partial charge in [0.25, 0.3) is 5.91 Å². The predicted octanol–water partition coefficient (Wildman–Crippen LogP) is 3.63. The highest BCUT2D eigenvalue weighted by Gasteiger charge is 2.17. The van der Waals surface area contributed by atoms with Gasteiger partial charge in [0, 0.05) is 12.6 Å². The van der Waals surface area contributed by atoms with E-state index in [9.17, 15) is 4.79 Å². The average Bonchev–Trinajstić information content (AvgIpc) is 2.61. The van der Waals surface area contributed by atoms with Crippen LogP contribution in [0.25, 0.3) is 0 Å². The van der Waals surface area contributed by atoms with Gasteiger partial charge >= 0.3 is 0 Å². The number of carbonyl (C=O) groups excluding carboxylic acids is 1. The molecule has 6 heteroatoms. The maximum Gasteiger partial charge on any atom is 0.273 e. The molecule has 0 saturated heterocycles. The molecular weight excluding hydrogens is 340 g/mol. The largest absolute Gasteiger partial charge is 0.487 e. The Morgan fingerprint density at radius 2 is 1.88 bits per heavy atom. The number of benzene rings is 2. The first-order chi connectivity index (χ1) is 12.0. The van der Waals surface area contributed by atoms with Gasteiger partial charge in [0.1, 0.15) is 19.5 Å². The van der Waals surface area contributed by atoms with Gasteiger partial charge < -0.3 is 14.9 Å². The van der Waals surface area contributed by atoms with Crippen LogP contribution in [0.5, 0.6) is 5.75 Å². The van der Waals surface area contributed by atoms with E-state index in [2.05, 4.69) is 10.5 Å². The van der Waals surface area contributed by atoms with Crippen molar-refractivity contribution in [2.75, 3.05) is 14.2 Å². The van der Waals surface area contributed by atoms with Crippen LogP contribution in [0, 0.1) is 13.8 Å². The van der Waals surface area contributed by atoms with Gasteiger partial charge in [-0.1, -0.05) is 41.0 Å². The second-order valence-electron chi connectivity index (χ2n) is 5.51. The highest BCUT2D eigenvalue weighted by Crippen LogP contribution is 2.28. The molecule has 2 aromatic rings. The van der Waals surface area contributed by atoms with E-state index in [4.69, 9.17) is 21.2 Å². The van der Waals surface area contributed by atoms with E-state index in [0.29, 0.717) is 16.3 Å². The molecule has 0 fully saturated rings. The number of halogens is 1. The number of rotatable bonds is 6. The van der Waals surface area contributed by atoms with E-state index in [-0.39, 0.29) is 18.2 Å². The summed E-state index contributed by atoms with van der Waals surface area (Å²) in [5.74, 6) is 0.267. The summed E-state index contributed by atoms with van der Waals surface area (Å²) < 4.78 is 5.88. The molecule has 0 aliphatic rings. The number of nitrogens with one attached hydrogen (secondary N) is 1. The number of hydrogen-bond donors (Lipinski definition) is 1. The van der Waals surface area contributed by atoms with Crippen LogP contribution in [0.2, 0.25) is 5.02 Å². The fourth-order valence-electron chi connectivity index (χ4n) is 2.32. The molecule has 0 aliphatic heterocycles. The normalized spacial score (nSPS) is 11.2. The van der Waals surface area contributed by atoms with E-state index in [1.54, 1.807) is 13.1 Å². The zero-order valence-electron chi connectivity index (χ0n) is 14.7. The molecule has 2 aromatic carbocycles. The van der Waals surface area contributed by atoms with Gasteiger partial charge in [0.2, 0.25) is 0 Å². The van der Waals surface area contributed by atoms with Crippen molar-refractivity contribution >= 4 is 23.2 Å². The third-order valence-corrected chi connectivity index (χ3v) is 4.12. The summed E-state index contributed by atoms with van der Waals surface area (Å²) in [6.07, 6.45) is 0. The minimum atomic E-state index is -0.335. The van der Waals surface area contributed by atoms with Crippen molar-refractivity contribution in [1.29, 1.82) is 0 Å². The molecule has 1 amide bonds. The van der Waals surface area contributed by atoms with Crippen molar-refractivity contribution in [3.05, 3.63) is 63.7 Å². The molecule has 1 N–H and O–H groups in total. The van der Waals surface area contributed by atoms with Crippen LogP contribution in [-0.2, 0) is 16.2 Å². The molecule has 0 unspecified atom stereocenters. The Hall–Kier alpha value is -2.53. The van der Waals surface area contributed by atoms with Gasteiger partial charge in [-0.05, 0) is 42.7 Å². The Kier molecular flexibility index (Phi) is 6.42. The minimum Gasteiger partial charge on any atom is -0.487 e. The Morgan fingerprint density at radius 1 is 1.20 bits per heavy atom. The maximum absolute atomic E-state index is 12.1. The van der Waals surface area contributed by atoms with Crippen molar-refractivity contribution in [3.63, 3.8) is 0 Å². The number of aryl methyl sites for hydroxylation is 2. The summed E-state index contributed by atoms with van der Waals surface area (Å²) in [6.45, 7) is 4.25. The van der Waals surface area contributed by atoms with Crippen molar-refractivity contribution in [1.82, 2.24) is 5.32 Å². The summed E-state index contributed by atoms with van der Waals surface area (Å²) in [7, 11) is 2.94. The standard InChI is InChI=1S/C19H21ClN2O3/c1-12-9-16(20)17(10-13(12)2)25-11-14-7-5-6-8-15(14)18(22-24-4)19(23)21-3/h5-10H,11H2,1-4H3,(H,21,23). The molecule has 132 valence electrons. The summed E-state index contributed by atoms with van der Waals surface area (Å²) in [4.78, 5) is 16.9. The van der Waals surface area contributed by atoms with Crippen LogP contribution < -0.4 is 10.1 Å². The fourth-order valence-corrected chi connectivity index (χ4v) is 2.59. The Balaban J connectivity index is 2.31. The minimum absolute atomic E-state index is 0.190. The summed E-state index contributed by atoms with van der Waals surface area (Å²) in [5.41, 5.74) is 3.83. The van der Waals surface area contributed by atoms with Gasteiger partial charge in [-0.2, -0.15) is 0 Å². The number of ether oxygens (including phenoxy) is 1. The molecule has 25 heavy (non-hydrogen) atoms. The number of amides is 1. The first kappa shape index (κ1) is 18.8. The Bertz CT molecular complexity index is 803. The molecule has 0 atom stereocenters. The molecule has 0 spiro atoms. The number of likely N-dealkylation sites (N-methyl/N-ethyl adjacent to an activating group) is 1. The van der Waals surface area contributed by atoms with Crippen LogP contribution >= 0.6 is 11.6 Å². The lowest BCUT2D eigenvalue weighted by molar-refractivity contribution is -0.114. The van der Waals surface area contributed by atoms with Crippen molar-refractivity contribution in [2.24, 2.45) is 5.16 Å². The molecule has 5 nitrogen and oxygen atoms in total. The third-order valence-electron chi connectivity index (χ3n) is 3.83. The highest BCUT2D eigenvalue weighted by molar-refractivity contribution is 6.45. The van der Waals surface area contributed by atoms with E-state index < -0.39 is 0 Å². The van der Waals surface area contributed by atoms with Gasteiger partial charge in [-0.3, -0.25) is 4.79 Å². The average molecular weight is 361 g/mol. The molecule has 0 saturated carbocycles. The monoisotopic (exact) mass is 360 g/mol. The Morgan fingerprint density at radius 3 is 2.56 bits per heavy atom. The predicted molar refractivity (Wildman–Crippen MR) is 99.3 cm³/mol. The zero-order chi connectivity index (χ0) is 18.4. The van der Waals surface area contributed by atoms with Crippen LogP contribution in [0.3, 0.4) is 0 Å². The van der Waals surface area contributed by atoms with Crippen molar-refractivity contribution in [2.45, 2.75) is 20.5 Å². The summed E-state index contributed by atoms with van der Waals surface area (Å²) in [6, 6.07) is 11.2.